The number of ether oxygens (including phenoxy) is 1. The van der Waals surface area contributed by atoms with Crippen molar-refractivity contribution >= 4 is 37.8 Å². The highest BCUT2D eigenvalue weighted by atomic mass is 79.9. The van der Waals surface area contributed by atoms with Crippen LogP contribution in [-0.4, -0.2) is 40.0 Å². The summed E-state index contributed by atoms with van der Waals surface area (Å²) in [5.74, 6) is -1.46. The van der Waals surface area contributed by atoms with E-state index in [0.717, 1.165) is 0 Å². The largest absolute Gasteiger partial charge is 0.455 e. The lowest BCUT2D eigenvalue weighted by Gasteiger charge is -2.08. The minimum atomic E-state index is -3.88. The van der Waals surface area contributed by atoms with Crippen molar-refractivity contribution in [3.05, 3.63) is 28.7 Å². The van der Waals surface area contributed by atoms with Gasteiger partial charge < -0.3 is 10.1 Å². The van der Waals surface area contributed by atoms with Crippen molar-refractivity contribution in [2.45, 2.75) is 11.3 Å². The molecule has 0 aliphatic heterocycles. The Morgan fingerprint density at radius 3 is 2.65 bits per heavy atom. The zero-order valence-corrected chi connectivity index (χ0v) is 14.3. The quantitative estimate of drug-likeness (QED) is 0.474. The van der Waals surface area contributed by atoms with Gasteiger partial charge >= 0.3 is 5.97 Å². The number of nitrogens with zero attached hydrogens (tertiary/aromatic N) is 1. The number of amides is 1. The van der Waals surface area contributed by atoms with E-state index >= 15 is 0 Å². The molecule has 1 amide bonds. The van der Waals surface area contributed by atoms with Gasteiger partial charge in [-0.2, -0.15) is 9.98 Å². The number of rotatable bonds is 8. The molecule has 1 rings (SSSR count). The Hall–Kier alpha value is -1.96. The fourth-order valence-electron chi connectivity index (χ4n) is 1.40. The maximum Gasteiger partial charge on any atom is 0.321 e. The molecule has 1 aromatic carbocycles. The molecule has 0 aliphatic carbocycles. The number of carbonyl (C=O) groups is 2. The summed E-state index contributed by atoms with van der Waals surface area (Å²) in [7, 11) is -3.88. The van der Waals surface area contributed by atoms with Crippen LogP contribution >= 0.6 is 15.9 Å². The van der Waals surface area contributed by atoms with Gasteiger partial charge in [0.05, 0.1) is 17.4 Å². The van der Waals surface area contributed by atoms with E-state index in [9.17, 15) is 18.0 Å². The van der Waals surface area contributed by atoms with Crippen LogP contribution in [0.2, 0.25) is 0 Å². The molecule has 1 aromatic rings. The highest BCUT2D eigenvalue weighted by Crippen LogP contribution is 2.20. The van der Waals surface area contributed by atoms with Gasteiger partial charge in [0.25, 0.3) is 5.91 Å². The number of nitrogens with one attached hydrogen (secondary N) is 2. The van der Waals surface area contributed by atoms with Gasteiger partial charge in [0.1, 0.15) is 6.54 Å². The second kappa shape index (κ2) is 9.24. The first-order valence-electron chi connectivity index (χ1n) is 6.40. The van der Waals surface area contributed by atoms with Crippen molar-refractivity contribution in [1.82, 2.24) is 10.0 Å². The Morgan fingerprint density at radius 1 is 1.30 bits per heavy atom. The smallest absolute Gasteiger partial charge is 0.321 e. The average molecular weight is 404 g/mol. The minimum absolute atomic E-state index is 0.0120. The van der Waals surface area contributed by atoms with Crippen molar-refractivity contribution in [3.8, 4) is 6.07 Å². The van der Waals surface area contributed by atoms with E-state index in [4.69, 9.17) is 5.26 Å². The minimum Gasteiger partial charge on any atom is -0.455 e. The number of halogens is 1. The van der Waals surface area contributed by atoms with E-state index in [1.165, 1.54) is 6.07 Å². The van der Waals surface area contributed by atoms with Crippen LogP contribution in [0.15, 0.2) is 33.6 Å². The number of hydrogen-bond acceptors (Lipinski definition) is 6. The first kappa shape index (κ1) is 19.1. The van der Waals surface area contributed by atoms with Gasteiger partial charge in [-0.15, -0.1) is 0 Å². The Morgan fingerprint density at radius 2 is 2.00 bits per heavy atom. The lowest BCUT2D eigenvalue weighted by molar-refractivity contribution is -0.147. The topological polar surface area (TPSA) is 125 Å². The summed E-state index contributed by atoms with van der Waals surface area (Å²) in [5, 5.41) is 10.7. The fourth-order valence-corrected chi connectivity index (χ4v) is 3.37. The highest BCUT2D eigenvalue weighted by molar-refractivity contribution is 9.10. The molecule has 0 atom stereocenters. The highest BCUT2D eigenvalue weighted by Gasteiger charge is 2.18. The molecule has 8 nitrogen and oxygen atoms in total. The normalized spacial score (nSPS) is 10.6. The van der Waals surface area contributed by atoms with Crippen molar-refractivity contribution in [3.63, 3.8) is 0 Å². The molecule has 0 fully saturated rings. The van der Waals surface area contributed by atoms with Crippen molar-refractivity contribution < 1.29 is 22.7 Å². The number of sulfonamides is 1. The zero-order valence-electron chi connectivity index (χ0n) is 11.9. The van der Waals surface area contributed by atoms with Crippen molar-refractivity contribution in [1.29, 1.82) is 5.26 Å². The molecule has 0 unspecified atom stereocenters. The first-order valence-corrected chi connectivity index (χ1v) is 8.68. The average Bonchev–Trinajstić information content (AvgIpc) is 2.51. The van der Waals surface area contributed by atoms with Crippen LogP contribution in [0.25, 0.3) is 0 Å². The molecular formula is C13H14BrN3O5S. The molecule has 124 valence electrons. The van der Waals surface area contributed by atoms with Crippen molar-refractivity contribution in [2.75, 3.05) is 19.7 Å². The van der Waals surface area contributed by atoms with E-state index < -0.39 is 35.1 Å². The molecule has 2 N–H and O–H groups in total. The molecule has 0 heterocycles. The Kier molecular flexibility index (Phi) is 7.67. The summed E-state index contributed by atoms with van der Waals surface area (Å²) >= 11 is 3.11. The van der Waals surface area contributed by atoms with Crippen LogP contribution in [0.5, 0.6) is 0 Å². The van der Waals surface area contributed by atoms with E-state index in [1.807, 2.05) is 6.07 Å². The fraction of sp³-hybridized carbons (Fsp3) is 0.308. The van der Waals surface area contributed by atoms with Gasteiger partial charge in [0, 0.05) is 11.0 Å². The Bertz CT molecular complexity index is 715. The molecular weight excluding hydrogens is 390 g/mol. The summed E-state index contributed by atoms with van der Waals surface area (Å²) in [6, 6.07) is 7.97. The second-order valence-corrected chi connectivity index (χ2v) is 6.76. The van der Waals surface area contributed by atoms with Crippen LogP contribution in [0.3, 0.4) is 0 Å². The third kappa shape index (κ3) is 6.77. The number of carbonyl (C=O) groups excluding carboxylic acids is 2. The molecule has 0 aliphatic rings. The zero-order chi connectivity index (χ0) is 17.3. The first-order chi connectivity index (χ1) is 10.9. The van der Waals surface area contributed by atoms with E-state index in [1.54, 1.807) is 18.2 Å². The van der Waals surface area contributed by atoms with Gasteiger partial charge in [-0.3, -0.25) is 9.59 Å². The standard InChI is InChI=1S/C13H14BrN3O5S/c14-10-4-1-2-5-11(10)23(20,21)17-8-13(19)22-9-12(18)16-7-3-6-15/h1-2,4-5,17H,3,7-9H2,(H,16,18). The number of nitriles is 1. The number of benzene rings is 1. The molecule has 0 saturated heterocycles. The van der Waals surface area contributed by atoms with Gasteiger partial charge in [-0.1, -0.05) is 12.1 Å². The molecule has 23 heavy (non-hydrogen) atoms. The summed E-state index contributed by atoms with van der Waals surface area (Å²) < 4.78 is 31.1. The molecule has 0 aromatic heterocycles. The Labute approximate surface area is 142 Å². The van der Waals surface area contributed by atoms with Crippen LogP contribution < -0.4 is 10.0 Å². The predicted octanol–water partition coefficient (Wildman–Crippen LogP) is 0.300. The second-order valence-electron chi connectivity index (χ2n) is 4.17. The van der Waals surface area contributed by atoms with Gasteiger partial charge in [-0.05, 0) is 28.1 Å². The number of hydrogen-bond donors (Lipinski definition) is 2. The maximum absolute atomic E-state index is 12.0. The SMILES string of the molecule is N#CCCNC(=O)COC(=O)CNS(=O)(=O)c1ccccc1Br. The maximum atomic E-state index is 12.0. The third-order valence-electron chi connectivity index (χ3n) is 2.46. The monoisotopic (exact) mass is 403 g/mol. The van der Waals surface area contributed by atoms with Crippen LogP contribution in [0.1, 0.15) is 6.42 Å². The van der Waals surface area contributed by atoms with Crippen LogP contribution in [0, 0.1) is 11.3 Å². The van der Waals surface area contributed by atoms with Gasteiger partial charge in [0.15, 0.2) is 6.61 Å². The summed E-state index contributed by atoms with van der Waals surface area (Å²) in [4.78, 5) is 22.7. The van der Waals surface area contributed by atoms with Crippen molar-refractivity contribution in [2.24, 2.45) is 0 Å². The lowest BCUT2D eigenvalue weighted by atomic mass is 10.4. The molecule has 0 radical (unpaired) electrons. The molecule has 10 heteroatoms. The van der Waals surface area contributed by atoms with Gasteiger partial charge in [0.2, 0.25) is 10.0 Å². The molecule has 0 saturated carbocycles. The summed E-state index contributed by atoms with van der Waals surface area (Å²) in [5.41, 5.74) is 0. The Balaban J connectivity index is 2.43. The van der Waals surface area contributed by atoms with Gasteiger partial charge in [-0.25, -0.2) is 8.42 Å². The van der Waals surface area contributed by atoms with Crippen LogP contribution in [-0.2, 0) is 24.3 Å². The molecule has 0 bridgehead atoms. The summed E-state index contributed by atoms with van der Waals surface area (Å²) in [6.45, 7) is -0.988. The van der Waals surface area contributed by atoms with E-state index in [-0.39, 0.29) is 17.9 Å². The van der Waals surface area contributed by atoms with Crippen LogP contribution in [0.4, 0.5) is 0 Å². The summed E-state index contributed by atoms with van der Waals surface area (Å²) in [6.07, 6.45) is 0.144. The van der Waals surface area contributed by atoms with E-state index in [0.29, 0.717) is 4.47 Å². The van der Waals surface area contributed by atoms with E-state index in [2.05, 4.69) is 30.7 Å². The molecule has 0 spiro atoms. The predicted molar refractivity (Wildman–Crippen MR) is 83.5 cm³/mol. The third-order valence-corrected chi connectivity index (χ3v) is 4.87. The number of esters is 1. The lowest BCUT2D eigenvalue weighted by Crippen LogP contribution is -2.34.